The quantitative estimate of drug-likeness (QED) is 0.537. The first-order valence-corrected chi connectivity index (χ1v) is 4.72. The molecule has 0 saturated heterocycles. The van der Waals surface area contributed by atoms with Gasteiger partial charge in [0, 0.05) is 12.6 Å². The maximum absolute atomic E-state index is 11.2. The molecule has 0 radical (unpaired) electrons. The van der Waals surface area contributed by atoms with Gasteiger partial charge in [-0.3, -0.25) is 0 Å². The first-order chi connectivity index (χ1) is 5.47. The molecule has 0 aromatic carbocycles. The molecule has 0 atom stereocenters. The summed E-state index contributed by atoms with van der Waals surface area (Å²) in [5.41, 5.74) is 10.6. The first kappa shape index (κ1) is 8.85. The molecule has 0 aliphatic carbocycles. The second kappa shape index (κ2) is 2.67. The van der Waals surface area contributed by atoms with E-state index in [1.165, 1.54) is 6.08 Å². The third-order valence-electron chi connectivity index (χ3n) is 1.37. The number of nitrogens with two attached hydrogens (primary N) is 2. The Labute approximate surface area is 70.7 Å². The van der Waals surface area contributed by atoms with Gasteiger partial charge >= 0.3 is 10.2 Å². The predicted octanol–water partition coefficient (Wildman–Crippen LogP) is -1.28. The van der Waals surface area contributed by atoms with Crippen LogP contribution >= 0.6 is 0 Å². The summed E-state index contributed by atoms with van der Waals surface area (Å²) in [5.74, 6) is 0.0159. The van der Waals surface area contributed by atoms with Crippen LogP contribution in [0.5, 0.6) is 0 Å². The van der Waals surface area contributed by atoms with Crippen LogP contribution in [0.4, 0.5) is 0 Å². The van der Waals surface area contributed by atoms with Gasteiger partial charge in [0.25, 0.3) is 0 Å². The van der Waals surface area contributed by atoms with Crippen molar-refractivity contribution in [3.63, 3.8) is 0 Å². The molecule has 0 spiro atoms. The third-order valence-corrected chi connectivity index (χ3v) is 2.84. The van der Waals surface area contributed by atoms with E-state index in [-0.39, 0.29) is 18.2 Å². The Hall–Kier alpha value is -1.24. The van der Waals surface area contributed by atoms with Crippen LogP contribution in [0.15, 0.2) is 16.3 Å². The number of amidine groups is 1. The monoisotopic (exact) mass is 190 g/mol. The molecule has 6 nitrogen and oxygen atoms in total. The summed E-state index contributed by atoms with van der Waals surface area (Å²) < 4.78 is 26.6. The van der Waals surface area contributed by atoms with Crippen LogP contribution in [-0.2, 0) is 10.2 Å². The standard InChI is InChI=1S/C5H10N4O2S/c1-2-9-5(7)3-4(6)8-12(9,10)11/h3H,2,7H2,1H3,(H2,6,8). The molecule has 0 aromatic heterocycles. The number of hydrogen-bond donors (Lipinski definition) is 2. The molecule has 1 aliphatic heterocycles. The Bertz CT molecular complexity index is 342. The van der Waals surface area contributed by atoms with Gasteiger partial charge < -0.3 is 11.5 Å². The van der Waals surface area contributed by atoms with Gasteiger partial charge in [0.05, 0.1) is 0 Å². The average Bonchev–Trinajstić information content (AvgIpc) is 1.82. The molecule has 0 aromatic rings. The zero-order valence-corrected chi connectivity index (χ0v) is 7.37. The van der Waals surface area contributed by atoms with Gasteiger partial charge in [0.1, 0.15) is 11.7 Å². The Morgan fingerprint density at radius 1 is 1.58 bits per heavy atom. The lowest BCUT2D eigenvalue weighted by molar-refractivity contribution is 0.487. The molecule has 1 rings (SSSR count). The van der Waals surface area contributed by atoms with Crippen LogP contribution in [0.2, 0.25) is 0 Å². The third kappa shape index (κ3) is 1.35. The molecule has 0 bridgehead atoms. The number of hydrogen-bond acceptors (Lipinski definition) is 4. The highest BCUT2D eigenvalue weighted by molar-refractivity contribution is 7.88. The van der Waals surface area contributed by atoms with Crippen LogP contribution in [0.25, 0.3) is 0 Å². The van der Waals surface area contributed by atoms with E-state index in [9.17, 15) is 8.42 Å². The molecule has 0 fully saturated rings. The highest BCUT2D eigenvalue weighted by atomic mass is 32.2. The highest BCUT2D eigenvalue weighted by Gasteiger charge is 2.24. The summed E-state index contributed by atoms with van der Waals surface area (Å²) in [6.07, 6.45) is 1.31. The van der Waals surface area contributed by atoms with Crippen molar-refractivity contribution in [3.05, 3.63) is 11.9 Å². The van der Waals surface area contributed by atoms with E-state index in [0.29, 0.717) is 0 Å². The molecule has 7 heteroatoms. The maximum Gasteiger partial charge on any atom is 0.347 e. The van der Waals surface area contributed by atoms with Crippen molar-refractivity contribution < 1.29 is 8.42 Å². The van der Waals surface area contributed by atoms with Crippen molar-refractivity contribution in [1.82, 2.24) is 4.31 Å². The zero-order chi connectivity index (χ0) is 9.35. The van der Waals surface area contributed by atoms with E-state index in [2.05, 4.69) is 4.40 Å². The zero-order valence-electron chi connectivity index (χ0n) is 6.56. The predicted molar refractivity (Wildman–Crippen MR) is 45.2 cm³/mol. The summed E-state index contributed by atoms with van der Waals surface area (Å²) in [4.78, 5) is 0. The van der Waals surface area contributed by atoms with Crippen LogP contribution in [-0.4, -0.2) is 25.1 Å². The summed E-state index contributed by atoms with van der Waals surface area (Å²) in [6.45, 7) is 1.91. The second-order valence-corrected chi connectivity index (χ2v) is 3.75. The summed E-state index contributed by atoms with van der Waals surface area (Å²) in [6, 6.07) is 0. The van der Waals surface area contributed by atoms with Crippen LogP contribution < -0.4 is 11.5 Å². The van der Waals surface area contributed by atoms with Gasteiger partial charge in [-0.1, -0.05) is 0 Å². The molecular formula is C5H10N4O2S. The normalized spacial score (nSPS) is 21.6. The van der Waals surface area contributed by atoms with Crippen LogP contribution in [0.1, 0.15) is 6.92 Å². The van der Waals surface area contributed by atoms with E-state index < -0.39 is 10.2 Å². The Morgan fingerprint density at radius 3 is 2.58 bits per heavy atom. The Balaban J connectivity index is 3.18. The SMILES string of the molecule is CCN1C(N)=CC(N)=NS1(=O)=O. The average molecular weight is 190 g/mol. The van der Waals surface area contributed by atoms with E-state index in [1.807, 2.05) is 0 Å². The van der Waals surface area contributed by atoms with Crippen molar-refractivity contribution in [1.29, 1.82) is 0 Å². The maximum atomic E-state index is 11.2. The van der Waals surface area contributed by atoms with Gasteiger partial charge in [-0.05, 0) is 6.92 Å². The van der Waals surface area contributed by atoms with Crippen LogP contribution in [0.3, 0.4) is 0 Å². The highest BCUT2D eigenvalue weighted by Crippen LogP contribution is 2.12. The molecule has 1 heterocycles. The van der Waals surface area contributed by atoms with E-state index in [0.717, 1.165) is 4.31 Å². The van der Waals surface area contributed by atoms with Gasteiger partial charge in [-0.25, -0.2) is 4.31 Å². The summed E-state index contributed by atoms with van der Waals surface area (Å²) in [7, 11) is -3.67. The molecule has 0 saturated carbocycles. The van der Waals surface area contributed by atoms with Gasteiger partial charge in [0.15, 0.2) is 0 Å². The molecule has 0 amide bonds. The minimum atomic E-state index is -3.67. The van der Waals surface area contributed by atoms with E-state index >= 15 is 0 Å². The van der Waals surface area contributed by atoms with Crippen LogP contribution in [0, 0.1) is 0 Å². The topological polar surface area (TPSA) is 102 Å². The molecule has 0 unspecified atom stereocenters. The lowest BCUT2D eigenvalue weighted by Gasteiger charge is -2.22. The fraction of sp³-hybridized carbons (Fsp3) is 0.400. The largest absolute Gasteiger partial charge is 0.384 e. The van der Waals surface area contributed by atoms with E-state index in [4.69, 9.17) is 11.5 Å². The molecule has 12 heavy (non-hydrogen) atoms. The molecule has 68 valence electrons. The van der Waals surface area contributed by atoms with Crippen molar-refractivity contribution in [2.45, 2.75) is 6.92 Å². The Morgan fingerprint density at radius 2 is 2.17 bits per heavy atom. The smallest absolute Gasteiger partial charge is 0.347 e. The lowest BCUT2D eigenvalue weighted by atomic mass is 10.5. The second-order valence-electron chi connectivity index (χ2n) is 2.23. The minimum Gasteiger partial charge on any atom is -0.384 e. The first-order valence-electron chi connectivity index (χ1n) is 3.32. The van der Waals surface area contributed by atoms with Crippen molar-refractivity contribution in [2.75, 3.05) is 6.54 Å². The fourth-order valence-corrected chi connectivity index (χ4v) is 1.97. The van der Waals surface area contributed by atoms with Gasteiger partial charge in [-0.15, -0.1) is 4.40 Å². The number of rotatable bonds is 1. The molecule has 4 N–H and O–H groups in total. The van der Waals surface area contributed by atoms with Crippen molar-refractivity contribution in [3.8, 4) is 0 Å². The van der Waals surface area contributed by atoms with Crippen molar-refractivity contribution >= 4 is 16.0 Å². The summed E-state index contributed by atoms with van der Waals surface area (Å²) >= 11 is 0. The fourth-order valence-electron chi connectivity index (χ4n) is 0.911. The number of nitrogens with zero attached hydrogens (tertiary/aromatic N) is 2. The molecular weight excluding hydrogens is 180 g/mol. The molecule has 1 aliphatic rings. The summed E-state index contributed by atoms with van der Waals surface area (Å²) in [5, 5.41) is 0. The van der Waals surface area contributed by atoms with E-state index in [1.54, 1.807) is 6.92 Å². The van der Waals surface area contributed by atoms with Gasteiger partial charge in [0.2, 0.25) is 0 Å². The van der Waals surface area contributed by atoms with Crippen molar-refractivity contribution in [2.24, 2.45) is 15.9 Å². The lowest BCUT2D eigenvalue weighted by Crippen LogP contribution is -2.37. The van der Waals surface area contributed by atoms with Gasteiger partial charge in [-0.2, -0.15) is 8.42 Å². The Kier molecular flexibility index (Phi) is 1.97. The minimum absolute atomic E-state index is 0.0859.